The average molecular weight is 476 g/mol. The number of hydrogen-bond acceptors (Lipinski definition) is 6. The van der Waals surface area contributed by atoms with E-state index in [-0.39, 0.29) is 16.7 Å². The molecule has 0 bridgehead atoms. The number of para-hydroxylation sites is 1. The zero-order chi connectivity index (χ0) is 25.3. The normalized spacial score (nSPS) is 12.3. The topological polar surface area (TPSA) is 75.0 Å². The van der Waals surface area contributed by atoms with Crippen molar-refractivity contribution in [3.8, 4) is 22.6 Å². The van der Waals surface area contributed by atoms with Crippen molar-refractivity contribution < 1.29 is 36.6 Å². The molecule has 0 aliphatic heterocycles. The van der Waals surface area contributed by atoms with Crippen molar-refractivity contribution in [2.75, 3.05) is 0 Å². The van der Waals surface area contributed by atoms with Gasteiger partial charge in [0.1, 0.15) is 28.3 Å². The van der Waals surface area contributed by atoms with Gasteiger partial charge in [0.2, 0.25) is 0 Å². The smallest absolute Gasteiger partial charge is 0.484 e. The van der Waals surface area contributed by atoms with Crippen LogP contribution in [0.5, 0.6) is 11.5 Å². The van der Waals surface area contributed by atoms with Crippen molar-refractivity contribution in [3.05, 3.63) is 71.6 Å². The first kappa shape index (κ1) is 24.9. The number of hydrogen-bond donors (Lipinski definition) is 0. The minimum Gasteiger partial charge on any atom is -0.484 e. The van der Waals surface area contributed by atoms with Crippen molar-refractivity contribution in [2.45, 2.75) is 45.3 Å². The van der Waals surface area contributed by atoms with E-state index in [2.05, 4.69) is 11.3 Å². The Morgan fingerprint density at radius 3 is 2.26 bits per heavy atom. The highest BCUT2D eigenvalue weighted by Crippen LogP contribution is 2.35. The van der Waals surface area contributed by atoms with Crippen LogP contribution in [-0.2, 0) is 9.53 Å². The summed E-state index contributed by atoms with van der Waals surface area (Å²) in [6.07, 6.45) is -3.86. The molecular weight excluding hydrogens is 453 g/mol. The van der Waals surface area contributed by atoms with Crippen LogP contribution in [0.1, 0.15) is 27.7 Å². The number of carbonyl (C=O) groups is 1. The molecule has 0 aliphatic carbocycles. The fraction of sp³-hybridized carbons (Fsp3) is 0.280. The summed E-state index contributed by atoms with van der Waals surface area (Å²) in [6, 6.07) is 11.4. The Labute approximate surface area is 193 Å². The predicted molar refractivity (Wildman–Crippen MR) is 120 cm³/mol. The van der Waals surface area contributed by atoms with Crippen LogP contribution in [0.25, 0.3) is 22.1 Å². The largest absolute Gasteiger partial charge is 0.573 e. The third-order valence-corrected chi connectivity index (χ3v) is 5.46. The molecule has 180 valence electrons. The molecule has 0 radical (unpaired) electrons. The maximum Gasteiger partial charge on any atom is 0.573 e. The van der Waals surface area contributed by atoms with Crippen LogP contribution in [-0.4, -0.2) is 23.5 Å². The zero-order valence-corrected chi connectivity index (χ0v) is 19.0. The lowest BCUT2D eigenvalue weighted by Gasteiger charge is -2.40. The summed E-state index contributed by atoms with van der Waals surface area (Å²) in [7, 11) is 0. The maximum absolute atomic E-state index is 12.8. The summed E-state index contributed by atoms with van der Waals surface area (Å²) >= 11 is 0. The lowest BCUT2D eigenvalue weighted by atomic mass is 9.89. The van der Waals surface area contributed by atoms with Crippen LogP contribution < -0.4 is 15.1 Å². The molecule has 0 unspecified atom stereocenters. The van der Waals surface area contributed by atoms with E-state index < -0.39 is 34.9 Å². The Morgan fingerprint density at radius 2 is 1.62 bits per heavy atom. The van der Waals surface area contributed by atoms with E-state index in [9.17, 15) is 22.8 Å². The SMILES string of the molecule is C=CC(=O)OC(C)(C)C(C)(C)Oc1ccc2cc(-c3ccccc3OC(F)(F)F)c(=O)oc2c1. The number of halogens is 3. The first-order chi connectivity index (χ1) is 15.7. The fourth-order valence-electron chi connectivity index (χ4n) is 3.08. The van der Waals surface area contributed by atoms with Crippen LogP contribution in [0.2, 0.25) is 0 Å². The van der Waals surface area contributed by atoms with Gasteiger partial charge >= 0.3 is 18.0 Å². The van der Waals surface area contributed by atoms with Gasteiger partial charge < -0.3 is 18.6 Å². The molecule has 34 heavy (non-hydrogen) atoms. The van der Waals surface area contributed by atoms with E-state index in [1.54, 1.807) is 39.8 Å². The standard InChI is InChI=1S/C25H23F3O6/c1-6-21(29)34-24(4,5)23(2,3)32-16-12-11-15-13-18(22(30)31-20(15)14-16)17-9-7-8-10-19(17)33-25(26,27)28/h6-14H,1H2,2-5H3. The third kappa shape index (κ3) is 5.41. The molecule has 3 rings (SSSR count). The van der Waals surface area contributed by atoms with E-state index >= 15 is 0 Å². The monoisotopic (exact) mass is 476 g/mol. The summed E-state index contributed by atoms with van der Waals surface area (Å²) in [5, 5.41) is 0.457. The molecule has 6 nitrogen and oxygen atoms in total. The first-order valence-electron chi connectivity index (χ1n) is 10.2. The minimum atomic E-state index is -4.92. The van der Waals surface area contributed by atoms with Gasteiger partial charge in [-0.05, 0) is 52.0 Å². The molecule has 0 spiro atoms. The Morgan fingerprint density at radius 1 is 0.941 bits per heavy atom. The summed E-state index contributed by atoms with van der Waals surface area (Å²) in [6.45, 7) is 10.2. The van der Waals surface area contributed by atoms with Gasteiger partial charge in [-0.3, -0.25) is 0 Å². The molecule has 0 aliphatic rings. The zero-order valence-electron chi connectivity index (χ0n) is 19.0. The summed E-state index contributed by atoms with van der Waals surface area (Å²) < 4.78 is 59.2. The Hall–Kier alpha value is -3.75. The molecule has 2 aromatic carbocycles. The van der Waals surface area contributed by atoms with E-state index in [1.807, 2.05) is 0 Å². The lowest BCUT2D eigenvalue weighted by molar-refractivity contribution is -0.274. The molecule has 0 N–H and O–H groups in total. The molecule has 9 heteroatoms. The van der Waals surface area contributed by atoms with Gasteiger partial charge in [-0.15, -0.1) is 13.2 Å². The second-order valence-electron chi connectivity index (χ2n) is 8.44. The Balaban J connectivity index is 1.97. The van der Waals surface area contributed by atoms with Crippen molar-refractivity contribution >= 4 is 16.9 Å². The van der Waals surface area contributed by atoms with Crippen LogP contribution in [0.4, 0.5) is 13.2 Å². The highest BCUT2D eigenvalue weighted by molar-refractivity contribution is 5.84. The van der Waals surface area contributed by atoms with Crippen LogP contribution in [0.15, 0.2) is 70.4 Å². The lowest BCUT2D eigenvalue weighted by Crippen LogP contribution is -2.52. The molecule has 0 atom stereocenters. The predicted octanol–water partition coefficient (Wildman–Crippen LogP) is 6.02. The van der Waals surface area contributed by atoms with Gasteiger partial charge in [-0.1, -0.05) is 24.8 Å². The molecule has 0 saturated carbocycles. The minimum absolute atomic E-state index is 0.0530. The van der Waals surface area contributed by atoms with Crippen molar-refractivity contribution in [3.63, 3.8) is 0 Å². The molecule has 0 fully saturated rings. The van der Waals surface area contributed by atoms with Gasteiger partial charge in [0.15, 0.2) is 0 Å². The summed E-state index contributed by atoms with van der Waals surface area (Å²) in [5.74, 6) is -0.787. The highest BCUT2D eigenvalue weighted by atomic mass is 19.4. The number of rotatable bonds is 7. The highest BCUT2D eigenvalue weighted by Gasteiger charge is 2.42. The Bertz CT molecular complexity index is 1290. The van der Waals surface area contributed by atoms with E-state index in [0.717, 1.165) is 12.1 Å². The Kier molecular flexibility index (Phi) is 6.50. The number of esters is 1. The molecular formula is C25H23F3O6. The quantitative estimate of drug-likeness (QED) is 0.236. The van der Waals surface area contributed by atoms with Crippen LogP contribution in [0.3, 0.4) is 0 Å². The third-order valence-electron chi connectivity index (χ3n) is 5.46. The first-order valence-corrected chi connectivity index (χ1v) is 10.2. The second kappa shape index (κ2) is 8.89. The van der Waals surface area contributed by atoms with Crippen LogP contribution in [0, 0.1) is 0 Å². The molecule has 0 saturated heterocycles. The number of benzene rings is 2. The molecule has 3 aromatic rings. The maximum atomic E-state index is 12.8. The van der Waals surface area contributed by atoms with Gasteiger partial charge in [-0.25, -0.2) is 9.59 Å². The number of carbonyl (C=O) groups excluding carboxylic acids is 1. The van der Waals surface area contributed by atoms with E-state index in [1.165, 1.54) is 30.3 Å². The number of fused-ring (bicyclic) bond motifs is 1. The second-order valence-corrected chi connectivity index (χ2v) is 8.44. The van der Waals surface area contributed by atoms with Gasteiger partial charge in [-0.2, -0.15) is 0 Å². The summed E-state index contributed by atoms with van der Waals surface area (Å²) in [5.41, 5.74) is -2.85. The number of alkyl halides is 3. The van der Waals surface area contributed by atoms with Crippen molar-refractivity contribution in [2.24, 2.45) is 0 Å². The van der Waals surface area contributed by atoms with E-state index in [0.29, 0.717) is 11.1 Å². The van der Waals surface area contributed by atoms with Crippen molar-refractivity contribution in [1.29, 1.82) is 0 Å². The van der Waals surface area contributed by atoms with Crippen LogP contribution >= 0.6 is 0 Å². The molecule has 1 aromatic heterocycles. The summed E-state index contributed by atoms with van der Waals surface area (Å²) in [4.78, 5) is 24.3. The van der Waals surface area contributed by atoms with Crippen molar-refractivity contribution in [1.82, 2.24) is 0 Å². The molecule has 0 amide bonds. The fourth-order valence-corrected chi connectivity index (χ4v) is 3.08. The average Bonchev–Trinajstić information content (AvgIpc) is 2.72. The van der Waals surface area contributed by atoms with Gasteiger partial charge in [0.25, 0.3) is 0 Å². The molecule has 1 heterocycles. The van der Waals surface area contributed by atoms with E-state index in [4.69, 9.17) is 13.9 Å². The van der Waals surface area contributed by atoms with Gasteiger partial charge in [0, 0.05) is 23.1 Å². The number of ether oxygens (including phenoxy) is 3. The van der Waals surface area contributed by atoms with Gasteiger partial charge in [0.05, 0.1) is 5.56 Å².